The number of ketones is 1. The molecular weight excluding hydrogens is 219 g/mol. The number of hydrogen-bond donors (Lipinski definition) is 0. The molecule has 17 heavy (non-hydrogen) atoms. The van der Waals surface area contributed by atoms with Gasteiger partial charge in [-0.15, -0.1) is 0 Å². The smallest absolute Gasteiger partial charge is 0.171 e. The van der Waals surface area contributed by atoms with Crippen molar-refractivity contribution in [2.75, 3.05) is 13.2 Å². The van der Waals surface area contributed by atoms with Gasteiger partial charge in [-0.1, -0.05) is 6.07 Å². The van der Waals surface area contributed by atoms with Crippen LogP contribution in [0.2, 0.25) is 0 Å². The van der Waals surface area contributed by atoms with E-state index in [1.165, 1.54) is 6.07 Å². The first-order valence-electron chi connectivity index (χ1n) is 5.98. The monoisotopic (exact) mass is 236 g/mol. The standard InChI is InChI=1S/C14H17FO2/c1-9-6-10(2)13(12(15)7-9)14(16)11-4-3-5-17-8-11/h6-7,11H,3-5,8H2,1-2H3. The van der Waals surface area contributed by atoms with Gasteiger partial charge in [0.25, 0.3) is 0 Å². The molecule has 92 valence electrons. The third kappa shape index (κ3) is 2.55. The van der Waals surface area contributed by atoms with Gasteiger partial charge in [-0.2, -0.15) is 0 Å². The summed E-state index contributed by atoms with van der Waals surface area (Å²) < 4.78 is 19.1. The van der Waals surface area contributed by atoms with Crippen LogP contribution < -0.4 is 0 Å². The number of halogens is 1. The van der Waals surface area contributed by atoms with Crippen LogP contribution in [0.15, 0.2) is 12.1 Å². The van der Waals surface area contributed by atoms with Crippen LogP contribution in [0, 0.1) is 25.6 Å². The lowest BCUT2D eigenvalue weighted by atomic mass is 9.89. The summed E-state index contributed by atoms with van der Waals surface area (Å²) >= 11 is 0. The summed E-state index contributed by atoms with van der Waals surface area (Å²) in [5.41, 5.74) is 1.81. The molecule has 3 heteroatoms. The number of benzene rings is 1. The highest BCUT2D eigenvalue weighted by atomic mass is 19.1. The molecule has 2 rings (SSSR count). The van der Waals surface area contributed by atoms with Gasteiger partial charge in [-0.25, -0.2) is 4.39 Å². The van der Waals surface area contributed by atoms with Gasteiger partial charge < -0.3 is 4.74 Å². The fourth-order valence-electron chi connectivity index (χ4n) is 2.38. The van der Waals surface area contributed by atoms with Crippen LogP contribution in [-0.2, 0) is 4.74 Å². The van der Waals surface area contributed by atoms with E-state index in [0.29, 0.717) is 13.2 Å². The predicted octanol–water partition coefficient (Wildman–Crippen LogP) is 3.05. The second kappa shape index (κ2) is 4.96. The average molecular weight is 236 g/mol. The maximum atomic E-state index is 13.9. The second-order valence-corrected chi connectivity index (χ2v) is 4.72. The highest BCUT2D eigenvalue weighted by molar-refractivity contribution is 5.99. The van der Waals surface area contributed by atoms with E-state index in [2.05, 4.69) is 0 Å². The van der Waals surface area contributed by atoms with Gasteiger partial charge in [0, 0.05) is 12.5 Å². The number of carbonyl (C=O) groups is 1. The Morgan fingerprint density at radius 1 is 1.41 bits per heavy atom. The molecule has 2 nitrogen and oxygen atoms in total. The molecule has 1 aromatic carbocycles. The van der Waals surface area contributed by atoms with Crippen molar-refractivity contribution in [3.63, 3.8) is 0 Å². The zero-order chi connectivity index (χ0) is 12.4. The summed E-state index contributed by atoms with van der Waals surface area (Å²) in [5.74, 6) is -0.697. The molecule has 0 N–H and O–H groups in total. The van der Waals surface area contributed by atoms with E-state index in [-0.39, 0.29) is 17.3 Å². The van der Waals surface area contributed by atoms with Gasteiger partial charge in [0.05, 0.1) is 12.2 Å². The Kier molecular flexibility index (Phi) is 3.57. The van der Waals surface area contributed by atoms with Gasteiger partial charge in [-0.05, 0) is 43.9 Å². The van der Waals surface area contributed by atoms with Crippen LogP contribution in [0.4, 0.5) is 4.39 Å². The van der Waals surface area contributed by atoms with E-state index >= 15 is 0 Å². The largest absolute Gasteiger partial charge is 0.381 e. The molecule has 0 aromatic heterocycles. The summed E-state index contributed by atoms with van der Waals surface area (Å²) in [7, 11) is 0. The minimum Gasteiger partial charge on any atom is -0.381 e. The number of aryl methyl sites for hydroxylation is 2. The van der Waals surface area contributed by atoms with Crippen LogP contribution in [0.3, 0.4) is 0 Å². The first kappa shape index (κ1) is 12.2. The van der Waals surface area contributed by atoms with Crippen LogP contribution in [0.25, 0.3) is 0 Å². The van der Waals surface area contributed by atoms with Crippen molar-refractivity contribution in [3.8, 4) is 0 Å². The number of rotatable bonds is 2. The summed E-state index contributed by atoms with van der Waals surface area (Å²) in [6.45, 7) is 4.74. The predicted molar refractivity (Wildman–Crippen MR) is 63.7 cm³/mol. The fraction of sp³-hybridized carbons (Fsp3) is 0.500. The lowest BCUT2D eigenvalue weighted by Gasteiger charge is -2.21. The summed E-state index contributed by atoms with van der Waals surface area (Å²) in [4.78, 5) is 12.2. The number of hydrogen-bond acceptors (Lipinski definition) is 2. The van der Waals surface area contributed by atoms with Crippen molar-refractivity contribution in [2.24, 2.45) is 5.92 Å². The number of Topliss-reactive ketones (excluding diaryl/α,β-unsaturated/α-hetero) is 1. The van der Waals surface area contributed by atoms with Crippen molar-refractivity contribution < 1.29 is 13.9 Å². The average Bonchev–Trinajstić information content (AvgIpc) is 2.28. The highest BCUT2D eigenvalue weighted by Crippen LogP contribution is 2.23. The summed E-state index contributed by atoms with van der Waals surface area (Å²) in [5, 5.41) is 0. The molecule has 1 fully saturated rings. The van der Waals surface area contributed by atoms with Gasteiger partial charge in [0.15, 0.2) is 5.78 Å². The van der Waals surface area contributed by atoms with Gasteiger partial charge in [0.2, 0.25) is 0 Å². The summed E-state index contributed by atoms with van der Waals surface area (Å²) in [6.07, 6.45) is 1.68. The maximum absolute atomic E-state index is 13.9. The van der Waals surface area contributed by atoms with Crippen molar-refractivity contribution in [1.82, 2.24) is 0 Å². The van der Waals surface area contributed by atoms with Crippen molar-refractivity contribution in [3.05, 3.63) is 34.6 Å². The molecule has 1 heterocycles. The second-order valence-electron chi connectivity index (χ2n) is 4.72. The lowest BCUT2D eigenvalue weighted by Crippen LogP contribution is -2.26. The third-order valence-corrected chi connectivity index (χ3v) is 3.21. The van der Waals surface area contributed by atoms with Crippen LogP contribution >= 0.6 is 0 Å². The normalized spacial score (nSPS) is 20.3. The molecule has 0 radical (unpaired) electrons. The molecule has 1 saturated heterocycles. The molecule has 1 unspecified atom stereocenters. The van der Waals surface area contributed by atoms with Crippen LogP contribution in [-0.4, -0.2) is 19.0 Å². The molecule has 1 aromatic rings. The van der Waals surface area contributed by atoms with E-state index in [9.17, 15) is 9.18 Å². The Balaban J connectivity index is 2.30. The topological polar surface area (TPSA) is 26.3 Å². The van der Waals surface area contributed by atoms with Gasteiger partial charge in [0.1, 0.15) is 5.82 Å². The van der Waals surface area contributed by atoms with Crippen molar-refractivity contribution >= 4 is 5.78 Å². The van der Waals surface area contributed by atoms with E-state index in [4.69, 9.17) is 4.74 Å². The zero-order valence-corrected chi connectivity index (χ0v) is 10.3. The molecule has 0 amide bonds. The Hall–Kier alpha value is -1.22. The maximum Gasteiger partial charge on any atom is 0.171 e. The first-order valence-corrected chi connectivity index (χ1v) is 5.98. The quantitative estimate of drug-likeness (QED) is 0.738. The fourth-order valence-corrected chi connectivity index (χ4v) is 2.38. The third-order valence-electron chi connectivity index (χ3n) is 3.21. The molecular formula is C14H17FO2. The molecule has 1 aliphatic rings. The van der Waals surface area contributed by atoms with E-state index in [0.717, 1.165) is 24.0 Å². The van der Waals surface area contributed by atoms with E-state index in [1.54, 1.807) is 6.92 Å². The Morgan fingerprint density at radius 3 is 2.76 bits per heavy atom. The van der Waals surface area contributed by atoms with Gasteiger partial charge in [-0.3, -0.25) is 4.79 Å². The van der Waals surface area contributed by atoms with Crippen LogP contribution in [0.5, 0.6) is 0 Å². The van der Waals surface area contributed by atoms with E-state index in [1.807, 2.05) is 13.0 Å². The minimum atomic E-state index is -0.405. The summed E-state index contributed by atoms with van der Waals surface area (Å²) in [6, 6.07) is 3.27. The first-order chi connectivity index (χ1) is 8.09. The minimum absolute atomic E-state index is 0.111. The molecule has 0 saturated carbocycles. The molecule has 0 aliphatic carbocycles. The van der Waals surface area contributed by atoms with Crippen LogP contribution in [0.1, 0.15) is 34.3 Å². The molecule has 0 bridgehead atoms. The van der Waals surface area contributed by atoms with E-state index < -0.39 is 5.82 Å². The Labute approximate surface area is 101 Å². The zero-order valence-electron chi connectivity index (χ0n) is 10.3. The molecule has 1 aliphatic heterocycles. The van der Waals surface area contributed by atoms with Crippen molar-refractivity contribution in [1.29, 1.82) is 0 Å². The van der Waals surface area contributed by atoms with Gasteiger partial charge >= 0.3 is 0 Å². The molecule has 1 atom stereocenters. The Bertz CT molecular complexity index is 411. The SMILES string of the molecule is Cc1cc(C)c(C(=O)C2CCCOC2)c(F)c1. The van der Waals surface area contributed by atoms with Crippen molar-refractivity contribution in [2.45, 2.75) is 26.7 Å². The molecule has 0 spiro atoms. The Morgan fingerprint density at radius 2 is 2.18 bits per heavy atom. The number of carbonyl (C=O) groups excluding carboxylic acids is 1. The lowest BCUT2D eigenvalue weighted by molar-refractivity contribution is 0.0458. The highest BCUT2D eigenvalue weighted by Gasteiger charge is 2.26. The number of ether oxygens (including phenoxy) is 1.